The van der Waals surface area contributed by atoms with Crippen molar-refractivity contribution in [3.8, 4) is 0 Å². The molecule has 3 N–H and O–H groups in total. The fourth-order valence-corrected chi connectivity index (χ4v) is 3.06. The molecule has 1 aromatic rings. The number of hydrogen-bond acceptors (Lipinski definition) is 6. The first kappa shape index (κ1) is 11.2. The van der Waals surface area contributed by atoms with Crippen molar-refractivity contribution in [2.75, 3.05) is 17.4 Å². The molecule has 1 aliphatic rings. The second-order valence-corrected chi connectivity index (χ2v) is 5.09. The van der Waals surface area contributed by atoms with Crippen LogP contribution < -0.4 is 5.73 Å². The van der Waals surface area contributed by atoms with Gasteiger partial charge < -0.3 is 15.7 Å². The molecule has 1 saturated heterocycles. The van der Waals surface area contributed by atoms with Crippen molar-refractivity contribution in [1.82, 2.24) is 9.88 Å². The number of carboxylic acids is 1. The third kappa shape index (κ3) is 1.98. The lowest BCUT2D eigenvalue weighted by atomic mass is 10.3. The van der Waals surface area contributed by atoms with E-state index >= 15 is 0 Å². The largest absolute Gasteiger partial charge is 0.480 e. The van der Waals surface area contributed by atoms with Crippen LogP contribution in [0.15, 0.2) is 5.38 Å². The molecular formula is C8H9N3O3S2. The summed E-state index contributed by atoms with van der Waals surface area (Å²) in [5, 5.41) is 10.8. The number of anilines is 1. The number of rotatable bonds is 2. The third-order valence-corrected chi connectivity index (χ3v) is 3.86. The van der Waals surface area contributed by atoms with Gasteiger partial charge in [-0.1, -0.05) is 0 Å². The standard InChI is InChI=1S/C8H9N3O3S2/c9-8-10-4(1-16-8)6(12)11-3-15-2-5(11)7(13)14/h1,5H,2-3H2,(H2,9,10)(H,13,14)/t5-/m0/s1. The van der Waals surface area contributed by atoms with E-state index < -0.39 is 12.0 Å². The first-order valence-electron chi connectivity index (χ1n) is 4.42. The van der Waals surface area contributed by atoms with E-state index in [2.05, 4.69) is 4.98 Å². The Balaban J connectivity index is 2.18. The molecule has 8 heteroatoms. The van der Waals surface area contributed by atoms with Crippen LogP contribution >= 0.6 is 23.1 Å². The van der Waals surface area contributed by atoms with Crippen molar-refractivity contribution < 1.29 is 14.7 Å². The quantitative estimate of drug-likeness (QED) is 0.794. The number of carbonyl (C=O) groups is 2. The van der Waals surface area contributed by atoms with Crippen molar-refractivity contribution >= 4 is 40.1 Å². The van der Waals surface area contributed by atoms with Gasteiger partial charge in [-0.25, -0.2) is 9.78 Å². The average molecular weight is 259 g/mol. The van der Waals surface area contributed by atoms with E-state index in [-0.39, 0.29) is 11.6 Å². The number of amides is 1. The van der Waals surface area contributed by atoms with Gasteiger partial charge in [-0.15, -0.1) is 23.1 Å². The van der Waals surface area contributed by atoms with Crippen LogP contribution in [0.5, 0.6) is 0 Å². The van der Waals surface area contributed by atoms with Crippen molar-refractivity contribution in [2.24, 2.45) is 0 Å². The Hall–Kier alpha value is -1.28. The van der Waals surface area contributed by atoms with E-state index in [0.717, 1.165) is 0 Å². The number of carboxylic acid groups (broad SMARTS) is 1. The molecule has 0 unspecified atom stereocenters. The molecular weight excluding hydrogens is 250 g/mol. The van der Waals surface area contributed by atoms with Gasteiger partial charge in [-0.05, 0) is 0 Å². The molecule has 1 aromatic heterocycles. The molecule has 1 fully saturated rings. The highest BCUT2D eigenvalue weighted by Crippen LogP contribution is 2.24. The minimum absolute atomic E-state index is 0.219. The van der Waals surface area contributed by atoms with Gasteiger partial charge >= 0.3 is 5.97 Å². The van der Waals surface area contributed by atoms with E-state index in [4.69, 9.17) is 10.8 Å². The highest BCUT2D eigenvalue weighted by Gasteiger charge is 2.35. The SMILES string of the molecule is Nc1nc(C(=O)N2CSC[C@H]2C(=O)O)cs1. The zero-order chi connectivity index (χ0) is 11.7. The van der Waals surface area contributed by atoms with Crippen molar-refractivity contribution in [1.29, 1.82) is 0 Å². The van der Waals surface area contributed by atoms with E-state index in [0.29, 0.717) is 16.8 Å². The van der Waals surface area contributed by atoms with Crippen molar-refractivity contribution in [3.63, 3.8) is 0 Å². The monoisotopic (exact) mass is 259 g/mol. The van der Waals surface area contributed by atoms with Crippen LogP contribution in [0, 0.1) is 0 Å². The van der Waals surface area contributed by atoms with E-state index in [1.165, 1.54) is 28.0 Å². The maximum absolute atomic E-state index is 11.9. The molecule has 0 aliphatic carbocycles. The first-order valence-corrected chi connectivity index (χ1v) is 6.45. The maximum atomic E-state index is 11.9. The number of nitrogens with zero attached hydrogens (tertiary/aromatic N) is 2. The normalized spacial score (nSPS) is 20.0. The molecule has 1 atom stereocenters. The fourth-order valence-electron chi connectivity index (χ4n) is 1.38. The van der Waals surface area contributed by atoms with Crippen LogP contribution in [0.1, 0.15) is 10.5 Å². The van der Waals surface area contributed by atoms with E-state index in [9.17, 15) is 9.59 Å². The Morgan fingerprint density at radius 2 is 2.38 bits per heavy atom. The van der Waals surface area contributed by atoms with Gasteiger partial charge in [-0.2, -0.15) is 0 Å². The minimum atomic E-state index is -0.985. The number of carbonyl (C=O) groups excluding carboxylic acids is 1. The average Bonchev–Trinajstić information content (AvgIpc) is 2.84. The zero-order valence-electron chi connectivity index (χ0n) is 8.12. The summed E-state index contributed by atoms with van der Waals surface area (Å²) < 4.78 is 0. The molecule has 0 spiro atoms. The second-order valence-electron chi connectivity index (χ2n) is 3.20. The van der Waals surface area contributed by atoms with Gasteiger partial charge in [0, 0.05) is 11.1 Å². The van der Waals surface area contributed by atoms with Gasteiger partial charge in [-0.3, -0.25) is 4.79 Å². The lowest BCUT2D eigenvalue weighted by Crippen LogP contribution is -2.41. The summed E-state index contributed by atoms with van der Waals surface area (Å²) in [6, 6.07) is -0.763. The zero-order valence-corrected chi connectivity index (χ0v) is 9.75. The number of aromatic nitrogens is 1. The molecule has 2 rings (SSSR count). The molecule has 86 valence electrons. The molecule has 0 aromatic carbocycles. The maximum Gasteiger partial charge on any atom is 0.327 e. The number of thioether (sulfide) groups is 1. The minimum Gasteiger partial charge on any atom is -0.480 e. The first-order chi connectivity index (χ1) is 7.59. The lowest BCUT2D eigenvalue weighted by molar-refractivity contribution is -0.140. The summed E-state index contributed by atoms with van der Waals surface area (Å²) in [4.78, 5) is 28.0. The molecule has 0 saturated carbocycles. The number of nitrogen functional groups attached to an aromatic ring is 1. The Morgan fingerprint density at radius 3 is 2.94 bits per heavy atom. The Bertz CT molecular complexity index is 434. The topological polar surface area (TPSA) is 96.5 Å². The van der Waals surface area contributed by atoms with E-state index in [1.54, 1.807) is 5.38 Å². The molecule has 1 aliphatic heterocycles. The predicted molar refractivity (Wildman–Crippen MR) is 61.4 cm³/mol. The molecule has 16 heavy (non-hydrogen) atoms. The lowest BCUT2D eigenvalue weighted by Gasteiger charge is -2.18. The number of aliphatic carboxylic acids is 1. The third-order valence-electron chi connectivity index (χ3n) is 2.17. The van der Waals surface area contributed by atoms with Gasteiger partial charge in [0.2, 0.25) is 0 Å². The van der Waals surface area contributed by atoms with Crippen LogP contribution in [0.3, 0.4) is 0 Å². The molecule has 1 amide bonds. The van der Waals surface area contributed by atoms with Crippen LogP contribution in [0.25, 0.3) is 0 Å². The molecule has 2 heterocycles. The van der Waals surface area contributed by atoms with Gasteiger partial charge in [0.15, 0.2) is 5.13 Å². The van der Waals surface area contributed by atoms with Crippen LogP contribution in [-0.4, -0.2) is 44.5 Å². The van der Waals surface area contributed by atoms with Crippen molar-refractivity contribution in [3.05, 3.63) is 11.1 Å². The summed E-state index contributed by atoms with van der Waals surface area (Å²) >= 11 is 2.58. The molecule has 6 nitrogen and oxygen atoms in total. The number of hydrogen-bond donors (Lipinski definition) is 2. The summed E-state index contributed by atoms with van der Waals surface area (Å²) in [6.07, 6.45) is 0. The Kier molecular flexibility index (Phi) is 3.01. The molecule has 0 bridgehead atoms. The van der Waals surface area contributed by atoms with Gasteiger partial charge in [0.1, 0.15) is 11.7 Å². The van der Waals surface area contributed by atoms with E-state index in [1.807, 2.05) is 0 Å². The predicted octanol–water partition coefficient (Wildman–Crippen LogP) is 0.325. The van der Waals surface area contributed by atoms with Crippen molar-refractivity contribution in [2.45, 2.75) is 6.04 Å². The summed E-state index contributed by atoms with van der Waals surface area (Å²) in [5.41, 5.74) is 5.64. The summed E-state index contributed by atoms with van der Waals surface area (Å²) in [5.74, 6) is -0.555. The van der Waals surface area contributed by atoms with Crippen LogP contribution in [0.4, 0.5) is 5.13 Å². The van der Waals surface area contributed by atoms with Crippen LogP contribution in [0.2, 0.25) is 0 Å². The second kappa shape index (κ2) is 4.30. The van der Waals surface area contributed by atoms with Gasteiger partial charge in [0.05, 0.1) is 5.88 Å². The summed E-state index contributed by atoms with van der Waals surface area (Å²) in [7, 11) is 0. The number of nitrogens with two attached hydrogens (primary N) is 1. The Morgan fingerprint density at radius 1 is 1.62 bits per heavy atom. The van der Waals surface area contributed by atoms with Gasteiger partial charge in [0.25, 0.3) is 5.91 Å². The smallest absolute Gasteiger partial charge is 0.327 e. The highest BCUT2D eigenvalue weighted by molar-refractivity contribution is 7.99. The number of thiazole rings is 1. The van der Waals surface area contributed by atoms with Crippen LogP contribution in [-0.2, 0) is 4.79 Å². The summed E-state index contributed by atoms with van der Waals surface area (Å²) in [6.45, 7) is 0. The highest BCUT2D eigenvalue weighted by atomic mass is 32.2. The molecule has 0 radical (unpaired) electrons. The Labute approximate surface area is 99.5 Å². The fraction of sp³-hybridized carbons (Fsp3) is 0.375.